The third-order valence-electron chi connectivity index (χ3n) is 4.22. The molecule has 1 aliphatic carbocycles. The zero-order chi connectivity index (χ0) is 14.0. The largest absolute Gasteiger partial charge is 0.386 e. The van der Waals surface area contributed by atoms with Gasteiger partial charge < -0.3 is 9.84 Å². The molecule has 1 fully saturated rings. The lowest BCUT2D eigenvalue weighted by Gasteiger charge is -2.34. The SMILES string of the molecule is CCCCOCC=CC1(O)CCC(CCCC)CC1. The zero-order valence-electron chi connectivity index (χ0n) is 12.9. The van der Waals surface area contributed by atoms with E-state index in [2.05, 4.69) is 13.8 Å². The summed E-state index contributed by atoms with van der Waals surface area (Å²) in [4.78, 5) is 0. The molecule has 0 heterocycles. The average Bonchev–Trinajstić information content (AvgIpc) is 2.42. The Morgan fingerprint density at radius 1 is 1.16 bits per heavy atom. The molecule has 0 saturated heterocycles. The monoisotopic (exact) mass is 268 g/mol. The number of hydrogen-bond acceptors (Lipinski definition) is 2. The highest BCUT2D eigenvalue weighted by atomic mass is 16.5. The van der Waals surface area contributed by atoms with Crippen molar-refractivity contribution >= 4 is 0 Å². The van der Waals surface area contributed by atoms with Crippen LogP contribution in [0.1, 0.15) is 71.6 Å². The Balaban J connectivity index is 2.17. The highest BCUT2D eigenvalue weighted by Gasteiger charge is 2.30. The topological polar surface area (TPSA) is 29.5 Å². The maximum Gasteiger partial charge on any atom is 0.0828 e. The fourth-order valence-corrected chi connectivity index (χ4v) is 2.79. The number of unbranched alkanes of at least 4 members (excludes halogenated alkanes) is 2. The minimum absolute atomic E-state index is 0.559. The van der Waals surface area contributed by atoms with E-state index in [1.165, 1.54) is 38.5 Å². The van der Waals surface area contributed by atoms with Crippen LogP contribution in [0.15, 0.2) is 12.2 Å². The Morgan fingerprint density at radius 2 is 1.84 bits per heavy atom. The summed E-state index contributed by atoms with van der Waals surface area (Å²) in [6.07, 6.45) is 14.5. The van der Waals surface area contributed by atoms with Crippen molar-refractivity contribution in [2.75, 3.05) is 13.2 Å². The molecule has 0 radical (unpaired) electrons. The predicted molar refractivity (Wildman–Crippen MR) is 81.3 cm³/mol. The van der Waals surface area contributed by atoms with E-state index < -0.39 is 5.60 Å². The summed E-state index contributed by atoms with van der Waals surface area (Å²) in [7, 11) is 0. The molecule has 0 aromatic heterocycles. The lowest BCUT2D eigenvalue weighted by atomic mass is 9.77. The van der Waals surface area contributed by atoms with Gasteiger partial charge in [-0.1, -0.05) is 51.7 Å². The molecule has 0 atom stereocenters. The van der Waals surface area contributed by atoms with Gasteiger partial charge in [-0.25, -0.2) is 0 Å². The number of hydrogen-bond donors (Lipinski definition) is 1. The molecule has 2 nitrogen and oxygen atoms in total. The van der Waals surface area contributed by atoms with Gasteiger partial charge in [0.15, 0.2) is 0 Å². The van der Waals surface area contributed by atoms with Crippen molar-refractivity contribution in [2.45, 2.75) is 77.2 Å². The van der Waals surface area contributed by atoms with Crippen LogP contribution in [0.4, 0.5) is 0 Å². The van der Waals surface area contributed by atoms with Gasteiger partial charge in [-0.15, -0.1) is 0 Å². The van der Waals surface area contributed by atoms with Crippen molar-refractivity contribution in [2.24, 2.45) is 5.92 Å². The van der Waals surface area contributed by atoms with Gasteiger partial charge in [0.1, 0.15) is 0 Å². The molecule has 0 aromatic rings. The van der Waals surface area contributed by atoms with Crippen molar-refractivity contribution < 1.29 is 9.84 Å². The Morgan fingerprint density at radius 3 is 2.47 bits per heavy atom. The van der Waals surface area contributed by atoms with Gasteiger partial charge in [0, 0.05) is 6.61 Å². The highest BCUT2D eigenvalue weighted by Crippen LogP contribution is 2.35. The smallest absolute Gasteiger partial charge is 0.0828 e. The Hall–Kier alpha value is -0.340. The first-order valence-corrected chi connectivity index (χ1v) is 8.18. The molecular formula is C17H32O2. The minimum Gasteiger partial charge on any atom is -0.386 e. The summed E-state index contributed by atoms with van der Waals surface area (Å²) >= 11 is 0. The maximum absolute atomic E-state index is 10.5. The fourth-order valence-electron chi connectivity index (χ4n) is 2.79. The molecule has 0 unspecified atom stereocenters. The summed E-state index contributed by atoms with van der Waals surface area (Å²) in [5.74, 6) is 0.842. The predicted octanol–water partition coefficient (Wildman–Crippen LogP) is 4.47. The van der Waals surface area contributed by atoms with Crippen molar-refractivity contribution in [3.63, 3.8) is 0 Å². The molecule has 0 amide bonds. The average molecular weight is 268 g/mol. The Labute approximate surface area is 119 Å². The molecule has 0 aromatic carbocycles. The Bertz CT molecular complexity index is 240. The van der Waals surface area contributed by atoms with Gasteiger partial charge in [0.05, 0.1) is 12.2 Å². The van der Waals surface area contributed by atoms with Crippen LogP contribution in [0, 0.1) is 5.92 Å². The highest BCUT2D eigenvalue weighted by molar-refractivity contribution is 5.03. The molecule has 2 heteroatoms. The molecule has 1 saturated carbocycles. The quantitative estimate of drug-likeness (QED) is 0.494. The molecule has 0 aliphatic heterocycles. The van der Waals surface area contributed by atoms with Gasteiger partial charge in [-0.2, -0.15) is 0 Å². The number of ether oxygens (including phenoxy) is 1. The molecule has 112 valence electrons. The summed E-state index contributed by atoms with van der Waals surface area (Å²) in [5, 5.41) is 10.5. The van der Waals surface area contributed by atoms with Crippen LogP contribution < -0.4 is 0 Å². The van der Waals surface area contributed by atoms with E-state index in [-0.39, 0.29) is 0 Å². The van der Waals surface area contributed by atoms with Gasteiger partial charge >= 0.3 is 0 Å². The van der Waals surface area contributed by atoms with Crippen LogP contribution in [0.5, 0.6) is 0 Å². The second kappa shape index (κ2) is 9.55. The van der Waals surface area contributed by atoms with Gasteiger partial charge in [0.2, 0.25) is 0 Å². The molecule has 1 rings (SSSR count). The van der Waals surface area contributed by atoms with Crippen LogP contribution in [0.3, 0.4) is 0 Å². The van der Waals surface area contributed by atoms with Crippen LogP contribution in [-0.4, -0.2) is 23.9 Å². The summed E-state index contributed by atoms with van der Waals surface area (Å²) in [6.45, 7) is 5.89. The van der Waals surface area contributed by atoms with Crippen LogP contribution in [0.25, 0.3) is 0 Å². The molecular weight excluding hydrogens is 236 g/mol. The van der Waals surface area contributed by atoms with E-state index in [1.807, 2.05) is 12.2 Å². The Kier molecular flexibility index (Phi) is 8.40. The zero-order valence-corrected chi connectivity index (χ0v) is 12.9. The van der Waals surface area contributed by atoms with Crippen molar-refractivity contribution in [3.05, 3.63) is 12.2 Å². The molecule has 19 heavy (non-hydrogen) atoms. The van der Waals surface area contributed by atoms with Crippen molar-refractivity contribution in [1.82, 2.24) is 0 Å². The maximum atomic E-state index is 10.5. The summed E-state index contributed by atoms with van der Waals surface area (Å²) in [5.41, 5.74) is -0.559. The lowest BCUT2D eigenvalue weighted by molar-refractivity contribution is 0.0326. The van der Waals surface area contributed by atoms with E-state index in [0.29, 0.717) is 6.61 Å². The van der Waals surface area contributed by atoms with Gasteiger partial charge in [-0.3, -0.25) is 0 Å². The van der Waals surface area contributed by atoms with E-state index in [9.17, 15) is 5.11 Å². The first-order chi connectivity index (χ1) is 9.20. The number of aliphatic hydroxyl groups is 1. The first-order valence-electron chi connectivity index (χ1n) is 8.18. The molecule has 1 N–H and O–H groups in total. The second-order valence-electron chi connectivity index (χ2n) is 6.02. The van der Waals surface area contributed by atoms with Gasteiger partial charge in [-0.05, 0) is 38.0 Å². The van der Waals surface area contributed by atoms with E-state index >= 15 is 0 Å². The van der Waals surface area contributed by atoms with Gasteiger partial charge in [0.25, 0.3) is 0 Å². The standard InChI is InChI=1S/C17H32O2/c1-3-5-8-16-9-12-17(18,13-10-16)11-7-15-19-14-6-4-2/h7,11,16,18H,3-6,8-10,12-15H2,1-2H3. The molecule has 0 spiro atoms. The summed E-state index contributed by atoms with van der Waals surface area (Å²) < 4.78 is 5.49. The van der Waals surface area contributed by atoms with E-state index in [1.54, 1.807) is 0 Å². The van der Waals surface area contributed by atoms with E-state index in [0.717, 1.165) is 31.8 Å². The lowest BCUT2D eigenvalue weighted by Crippen LogP contribution is -2.31. The van der Waals surface area contributed by atoms with E-state index in [4.69, 9.17) is 4.74 Å². The normalized spacial score (nSPS) is 28.1. The fraction of sp³-hybridized carbons (Fsp3) is 0.882. The molecule has 0 bridgehead atoms. The minimum atomic E-state index is -0.559. The van der Waals surface area contributed by atoms with Crippen molar-refractivity contribution in [1.29, 1.82) is 0 Å². The first kappa shape index (κ1) is 16.7. The molecule has 1 aliphatic rings. The summed E-state index contributed by atoms with van der Waals surface area (Å²) in [6, 6.07) is 0. The third kappa shape index (κ3) is 7.12. The third-order valence-corrected chi connectivity index (χ3v) is 4.22. The van der Waals surface area contributed by atoms with Crippen molar-refractivity contribution in [3.8, 4) is 0 Å². The second-order valence-corrected chi connectivity index (χ2v) is 6.02. The number of rotatable bonds is 9. The van der Waals surface area contributed by atoms with Crippen LogP contribution in [0.2, 0.25) is 0 Å². The van der Waals surface area contributed by atoms with Crippen LogP contribution >= 0.6 is 0 Å². The van der Waals surface area contributed by atoms with Crippen LogP contribution in [-0.2, 0) is 4.74 Å².